The van der Waals surface area contributed by atoms with Crippen molar-refractivity contribution in [1.82, 2.24) is 4.90 Å². The van der Waals surface area contributed by atoms with Crippen molar-refractivity contribution in [2.45, 2.75) is 24.9 Å². The molecule has 0 radical (unpaired) electrons. The number of benzene rings is 2. The molecule has 0 unspecified atom stereocenters. The molecule has 0 aromatic heterocycles. The Hall–Kier alpha value is -2.63. The third-order valence-corrected chi connectivity index (χ3v) is 5.82. The minimum Gasteiger partial charge on any atom is -0.497 e. The molecule has 30 heavy (non-hydrogen) atoms. The van der Waals surface area contributed by atoms with Crippen LogP contribution in [0.4, 0.5) is 0 Å². The van der Waals surface area contributed by atoms with Gasteiger partial charge in [0, 0.05) is 18.9 Å². The minimum atomic E-state index is -0.983. The number of aliphatic hydroxyl groups is 1. The molecular formula is C25H31NO4. The van der Waals surface area contributed by atoms with Crippen LogP contribution in [0.2, 0.25) is 0 Å². The first-order valence-electron chi connectivity index (χ1n) is 10.2. The van der Waals surface area contributed by atoms with Crippen LogP contribution < -0.4 is 4.74 Å². The molecule has 3 rings (SSSR count). The van der Waals surface area contributed by atoms with Crippen LogP contribution in [0.3, 0.4) is 0 Å². The highest BCUT2D eigenvalue weighted by Gasteiger charge is 2.42. The molecule has 160 valence electrons. The van der Waals surface area contributed by atoms with Gasteiger partial charge in [-0.3, -0.25) is 0 Å². The number of rotatable bonds is 6. The molecule has 1 aliphatic rings. The van der Waals surface area contributed by atoms with E-state index < -0.39 is 5.60 Å². The highest BCUT2D eigenvalue weighted by Crippen LogP contribution is 2.45. The molecule has 2 aromatic carbocycles. The summed E-state index contributed by atoms with van der Waals surface area (Å²) in [7, 11) is 7.10. The second-order valence-electron chi connectivity index (χ2n) is 8.25. The summed E-state index contributed by atoms with van der Waals surface area (Å²) in [5.41, 5.74) is 2.52. The molecule has 0 aliphatic heterocycles. The second kappa shape index (κ2) is 9.45. The zero-order valence-electron chi connectivity index (χ0n) is 18.2. The van der Waals surface area contributed by atoms with E-state index in [1.165, 1.54) is 7.11 Å². The van der Waals surface area contributed by atoms with Gasteiger partial charge in [0.05, 0.1) is 25.4 Å². The number of methoxy groups -OCH3 is 2. The first-order chi connectivity index (χ1) is 14.4. The molecule has 0 heterocycles. The van der Waals surface area contributed by atoms with Crippen LogP contribution in [0, 0.1) is 5.92 Å². The average molecular weight is 410 g/mol. The van der Waals surface area contributed by atoms with E-state index >= 15 is 0 Å². The fraction of sp³-hybridized carbons (Fsp3) is 0.400. The van der Waals surface area contributed by atoms with E-state index in [1.807, 2.05) is 56.6 Å². The Kier molecular flexibility index (Phi) is 6.95. The molecule has 1 fully saturated rings. The molecule has 5 heteroatoms. The van der Waals surface area contributed by atoms with E-state index in [1.54, 1.807) is 13.2 Å². The van der Waals surface area contributed by atoms with Crippen molar-refractivity contribution in [1.29, 1.82) is 0 Å². The Balaban J connectivity index is 1.95. The van der Waals surface area contributed by atoms with Gasteiger partial charge < -0.3 is 19.5 Å². The third-order valence-electron chi connectivity index (χ3n) is 5.82. The number of hydrogen-bond acceptors (Lipinski definition) is 5. The van der Waals surface area contributed by atoms with Crippen LogP contribution in [0.1, 0.15) is 40.7 Å². The minimum absolute atomic E-state index is 0.109. The maximum absolute atomic E-state index is 11.9. The molecule has 0 bridgehead atoms. The van der Waals surface area contributed by atoms with Crippen LogP contribution in [0.5, 0.6) is 5.75 Å². The number of nitrogens with zero attached hydrogens (tertiary/aromatic N) is 1. The van der Waals surface area contributed by atoms with Crippen molar-refractivity contribution in [2.75, 3.05) is 34.9 Å². The van der Waals surface area contributed by atoms with E-state index in [2.05, 4.69) is 11.0 Å². The topological polar surface area (TPSA) is 59.0 Å². The van der Waals surface area contributed by atoms with E-state index in [-0.39, 0.29) is 11.9 Å². The zero-order valence-corrected chi connectivity index (χ0v) is 18.2. The van der Waals surface area contributed by atoms with E-state index in [9.17, 15) is 9.90 Å². The lowest BCUT2D eigenvalue weighted by Crippen LogP contribution is -2.43. The van der Waals surface area contributed by atoms with Gasteiger partial charge in [0.25, 0.3) is 0 Å². The summed E-state index contributed by atoms with van der Waals surface area (Å²) >= 11 is 0. The van der Waals surface area contributed by atoms with Crippen molar-refractivity contribution in [3.05, 3.63) is 70.8 Å². The lowest BCUT2D eigenvalue weighted by molar-refractivity contribution is -0.0472. The Morgan fingerprint density at radius 3 is 2.67 bits per heavy atom. The monoisotopic (exact) mass is 409 g/mol. The van der Waals surface area contributed by atoms with Crippen LogP contribution in [0.25, 0.3) is 6.08 Å². The number of carbonyl (C=O) groups is 1. The molecule has 1 aliphatic carbocycles. The normalized spacial score (nSPS) is 22.9. The van der Waals surface area contributed by atoms with Gasteiger partial charge in [-0.2, -0.15) is 0 Å². The van der Waals surface area contributed by atoms with Crippen molar-refractivity contribution in [3.8, 4) is 5.75 Å². The Morgan fingerprint density at radius 1 is 1.20 bits per heavy atom. The fourth-order valence-corrected chi connectivity index (χ4v) is 4.32. The number of carbonyl (C=O) groups excluding carboxylic acids is 1. The molecule has 5 nitrogen and oxygen atoms in total. The van der Waals surface area contributed by atoms with Gasteiger partial charge in [0.15, 0.2) is 0 Å². The molecule has 2 atom stereocenters. The highest BCUT2D eigenvalue weighted by atomic mass is 16.5. The van der Waals surface area contributed by atoms with Crippen molar-refractivity contribution >= 4 is 12.0 Å². The second-order valence-corrected chi connectivity index (χ2v) is 8.25. The Labute approximate surface area is 178 Å². The molecule has 1 saturated carbocycles. The van der Waals surface area contributed by atoms with Crippen molar-refractivity contribution < 1.29 is 19.4 Å². The van der Waals surface area contributed by atoms with Gasteiger partial charge in [0.2, 0.25) is 0 Å². The SMILES string of the molecule is COC(=O)c1cccc(C=C2CC[C@@H](CN(C)C)[C@@](O)(c3cccc(OC)c3)C2)c1. The zero-order chi connectivity index (χ0) is 21.7. The molecule has 0 spiro atoms. The molecule has 1 N–H and O–H groups in total. The van der Waals surface area contributed by atoms with E-state index in [0.29, 0.717) is 12.0 Å². The number of esters is 1. The van der Waals surface area contributed by atoms with Gasteiger partial charge in [-0.05, 0) is 62.3 Å². The lowest BCUT2D eigenvalue weighted by Gasteiger charge is -2.43. The van der Waals surface area contributed by atoms with Gasteiger partial charge in [-0.15, -0.1) is 0 Å². The quantitative estimate of drug-likeness (QED) is 0.728. The predicted octanol–water partition coefficient (Wildman–Crippen LogP) is 4.11. The van der Waals surface area contributed by atoms with Crippen molar-refractivity contribution in [3.63, 3.8) is 0 Å². The van der Waals surface area contributed by atoms with Gasteiger partial charge in [-0.1, -0.05) is 35.9 Å². The first kappa shape index (κ1) is 22.1. The maximum atomic E-state index is 11.9. The van der Waals surface area contributed by atoms with Gasteiger partial charge in [0.1, 0.15) is 5.75 Å². The fourth-order valence-electron chi connectivity index (χ4n) is 4.32. The van der Waals surface area contributed by atoms with Crippen LogP contribution >= 0.6 is 0 Å². The molecule has 0 saturated heterocycles. The van der Waals surface area contributed by atoms with Crippen LogP contribution in [0.15, 0.2) is 54.1 Å². The van der Waals surface area contributed by atoms with E-state index in [4.69, 9.17) is 9.47 Å². The molecule has 2 aromatic rings. The summed E-state index contributed by atoms with van der Waals surface area (Å²) in [4.78, 5) is 14.0. The Morgan fingerprint density at radius 2 is 1.97 bits per heavy atom. The van der Waals surface area contributed by atoms with Crippen LogP contribution in [-0.4, -0.2) is 50.8 Å². The number of ether oxygens (including phenoxy) is 2. The summed E-state index contributed by atoms with van der Waals surface area (Å²) < 4.78 is 10.2. The summed E-state index contributed by atoms with van der Waals surface area (Å²) in [6.07, 6.45) is 4.42. The summed E-state index contributed by atoms with van der Waals surface area (Å²) in [6, 6.07) is 15.1. The predicted molar refractivity (Wildman–Crippen MR) is 119 cm³/mol. The lowest BCUT2D eigenvalue weighted by atomic mass is 9.69. The smallest absolute Gasteiger partial charge is 0.337 e. The van der Waals surface area contributed by atoms with Crippen LogP contribution in [-0.2, 0) is 10.3 Å². The summed E-state index contributed by atoms with van der Waals surface area (Å²) in [5, 5.41) is 11.9. The first-order valence-corrected chi connectivity index (χ1v) is 10.2. The number of hydrogen-bond donors (Lipinski definition) is 1. The largest absolute Gasteiger partial charge is 0.497 e. The standard InChI is InChI=1S/C25H31NO4/c1-26(2)17-22-12-11-19(13-18-7-5-8-20(14-18)24(27)30-4)16-25(22,28)21-9-6-10-23(15-21)29-3/h5-10,13-15,22,28H,11-12,16-17H2,1-4H3/t22-,25-/m0/s1. The van der Waals surface area contributed by atoms with Gasteiger partial charge >= 0.3 is 5.97 Å². The average Bonchev–Trinajstić information content (AvgIpc) is 2.75. The highest BCUT2D eigenvalue weighted by molar-refractivity contribution is 5.90. The van der Waals surface area contributed by atoms with Gasteiger partial charge in [-0.25, -0.2) is 4.79 Å². The maximum Gasteiger partial charge on any atom is 0.337 e. The van der Waals surface area contributed by atoms with E-state index in [0.717, 1.165) is 41.8 Å². The Bertz CT molecular complexity index is 921. The molecule has 0 amide bonds. The summed E-state index contributed by atoms with van der Waals surface area (Å²) in [5.74, 6) is 0.502. The third kappa shape index (κ3) is 4.91. The summed E-state index contributed by atoms with van der Waals surface area (Å²) in [6.45, 7) is 0.804. The van der Waals surface area contributed by atoms with Crippen molar-refractivity contribution in [2.24, 2.45) is 5.92 Å². The molecular weight excluding hydrogens is 378 g/mol.